The van der Waals surface area contributed by atoms with Crippen molar-refractivity contribution in [1.82, 2.24) is 0 Å². The Balaban J connectivity index is 1.46. The summed E-state index contributed by atoms with van der Waals surface area (Å²) in [6.45, 7) is 4.53. The van der Waals surface area contributed by atoms with Gasteiger partial charge >= 0.3 is 0 Å². The first-order chi connectivity index (χ1) is 15.5. The van der Waals surface area contributed by atoms with Crippen molar-refractivity contribution in [2.45, 2.75) is 19.3 Å². The topological polar surface area (TPSA) is 37.4 Å². The molecular formula is C27H19NO2S2. The number of anilines is 3. The fourth-order valence-electron chi connectivity index (χ4n) is 4.76. The molecule has 0 radical (unpaired) electrons. The van der Waals surface area contributed by atoms with Crippen molar-refractivity contribution in [2.75, 3.05) is 4.90 Å². The Kier molecular flexibility index (Phi) is 4.16. The lowest BCUT2D eigenvalue weighted by molar-refractivity contribution is 0.0990. The van der Waals surface area contributed by atoms with Crippen molar-refractivity contribution in [3.05, 3.63) is 104 Å². The Labute approximate surface area is 194 Å². The van der Waals surface area contributed by atoms with Crippen LogP contribution >= 0.6 is 22.7 Å². The zero-order valence-electron chi connectivity index (χ0n) is 17.6. The van der Waals surface area contributed by atoms with Crippen LogP contribution in [0.25, 0.3) is 6.08 Å². The third-order valence-electron chi connectivity index (χ3n) is 6.40. The van der Waals surface area contributed by atoms with Gasteiger partial charge < -0.3 is 4.90 Å². The Morgan fingerprint density at radius 1 is 0.781 bits per heavy atom. The predicted molar refractivity (Wildman–Crippen MR) is 132 cm³/mol. The molecule has 1 aliphatic carbocycles. The van der Waals surface area contributed by atoms with E-state index < -0.39 is 0 Å². The highest BCUT2D eigenvalue weighted by Crippen LogP contribution is 2.52. The molecule has 0 amide bonds. The Bertz CT molecular complexity index is 1370. The molecular weight excluding hydrogens is 434 g/mol. The van der Waals surface area contributed by atoms with Crippen molar-refractivity contribution in [3.8, 4) is 0 Å². The van der Waals surface area contributed by atoms with Gasteiger partial charge in [-0.25, -0.2) is 0 Å². The maximum Gasteiger partial charge on any atom is 0.198 e. The smallest absolute Gasteiger partial charge is 0.198 e. The van der Waals surface area contributed by atoms with E-state index in [0.29, 0.717) is 11.1 Å². The molecule has 0 unspecified atom stereocenters. The molecule has 2 aromatic heterocycles. The van der Waals surface area contributed by atoms with Crippen LogP contribution in [0.1, 0.15) is 50.6 Å². The third kappa shape index (κ3) is 2.65. The predicted octanol–water partition coefficient (Wildman–Crippen LogP) is 7.38. The standard InChI is InChI=1S/C27H19NO2S2/c1-27(2)20-7-3-5-9-22(20)28(23-10-6-4-8-21(23)27)24-12-11-16(32-24)13-17-25(29)18-14-31-15-19(18)26(17)30/h3-15H,1-2H3. The van der Waals surface area contributed by atoms with Gasteiger partial charge in [0.05, 0.1) is 16.9 Å². The number of rotatable bonds is 2. The number of fused-ring (bicyclic) bond motifs is 3. The summed E-state index contributed by atoms with van der Waals surface area (Å²) in [5.74, 6) is -0.340. The molecule has 0 saturated heterocycles. The summed E-state index contributed by atoms with van der Waals surface area (Å²) in [5.41, 5.74) is 6.09. The molecule has 0 N–H and O–H groups in total. The minimum absolute atomic E-state index is 0.105. The van der Waals surface area contributed by atoms with Gasteiger partial charge in [0.15, 0.2) is 11.6 Å². The van der Waals surface area contributed by atoms with E-state index in [-0.39, 0.29) is 22.6 Å². The van der Waals surface area contributed by atoms with Gasteiger partial charge in [0, 0.05) is 32.2 Å². The van der Waals surface area contributed by atoms with Crippen LogP contribution in [-0.2, 0) is 5.41 Å². The zero-order chi connectivity index (χ0) is 22.0. The Morgan fingerprint density at radius 2 is 1.34 bits per heavy atom. The van der Waals surface area contributed by atoms with Gasteiger partial charge in [-0.05, 0) is 41.5 Å². The zero-order valence-corrected chi connectivity index (χ0v) is 19.2. The number of allylic oxidation sites excluding steroid dienone is 1. The molecule has 0 bridgehead atoms. The van der Waals surface area contributed by atoms with Gasteiger partial charge in [0.2, 0.25) is 0 Å². The van der Waals surface area contributed by atoms with Crippen LogP contribution in [0, 0.1) is 0 Å². The molecule has 156 valence electrons. The highest BCUT2D eigenvalue weighted by molar-refractivity contribution is 7.17. The number of nitrogens with zero attached hydrogens (tertiary/aromatic N) is 1. The minimum atomic E-state index is -0.170. The normalized spacial score (nSPS) is 16.1. The molecule has 5 heteroatoms. The first kappa shape index (κ1) is 19.4. The average molecular weight is 454 g/mol. The summed E-state index contributed by atoms with van der Waals surface area (Å²) >= 11 is 2.98. The fourth-order valence-corrected chi connectivity index (χ4v) is 6.55. The number of thiophene rings is 2. The fraction of sp³-hybridized carbons (Fsp3) is 0.111. The highest BCUT2D eigenvalue weighted by Gasteiger charge is 2.37. The van der Waals surface area contributed by atoms with Gasteiger partial charge in [-0.1, -0.05) is 50.2 Å². The lowest BCUT2D eigenvalue weighted by Gasteiger charge is -2.41. The average Bonchev–Trinajstić information content (AvgIpc) is 3.51. The molecule has 0 saturated carbocycles. The molecule has 3 heterocycles. The van der Waals surface area contributed by atoms with Crippen LogP contribution in [0.15, 0.2) is 77.0 Å². The lowest BCUT2D eigenvalue weighted by Crippen LogP contribution is -2.30. The van der Waals surface area contributed by atoms with Gasteiger partial charge in [-0.15, -0.1) is 11.3 Å². The number of hydrogen-bond donors (Lipinski definition) is 0. The summed E-state index contributed by atoms with van der Waals surface area (Å²) in [6, 6.07) is 21.1. The first-order valence-electron chi connectivity index (χ1n) is 10.4. The van der Waals surface area contributed by atoms with Crippen molar-refractivity contribution < 1.29 is 9.59 Å². The quantitative estimate of drug-likeness (QED) is 0.235. The molecule has 4 aromatic rings. The van der Waals surface area contributed by atoms with Crippen LogP contribution in [0.4, 0.5) is 16.4 Å². The van der Waals surface area contributed by atoms with Crippen molar-refractivity contribution in [1.29, 1.82) is 0 Å². The molecule has 1 aliphatic heterocycles. The van der Waals surface area contributed by atoms with Crippen molar-refractivity contribution in [3.63, 3.8) is 0 Å². The molecule has 6 rings (SSSR count). The maximum absolute atomic E-state index is 12.7. The summed E-state index contributed by atoms with van der Waals surface area (Å²) in [4.78, 5) is 28.6. The van der Waals surface area contributed by atoms with E-state index in [1.54, 1.807) is 28.2 Å². The Morgan fingerprint density at radius 3 is 1.94 bits per heavy atom. The maximum atomic E-state index is 12.7. The number of benzene rings is 2. The summed E-state index contributed by atoms with van der Waals surface area (Å²) in [6.07, 6.45) is 1.75. The molecule has 32 heavy (non-hydrogen) atoms. The van der Waals surface area contributed by atoms with Crippen molar-refractivity contribution >= 4 is 56.7 Å². The molecule has 0 fully saturated rings. The summed E-state index contributed by atoms with van der Waals surface area (Å²) in [5, 5.41) is 4.58. The van der Waals surface area contributed by atoms with E-state index in [0.717, 1.165) is 21.3 Å². The molecule has 2 aromatic carbocycles. The number of ketones is 2. The van der Waals surface area contributed by atoms with Crippen LogP contribution < -0.4 is 4.90 Å². The summed E-state index contributed by atoms with van der Waals surface area (Å²) < 4.78 is 0. The van der Waals surface area contributed by atoms with E-state index in [1.165, 1.54) is 22.5 Å². The number of hydrogen-bond acceptors (Lipinski definition) is 5. The molecule has 3 nitrogen and oxygen atoms in total. The minimum Gasteiger partial charge on any atom is -0.301 e. The molecule has 0 spiro atoms. The largest absolute Gasteiger partial charge is 0.301 e. The van der Waals surface area contributed by atoms with E-state index in [9.17, 15) is 9.59 Å². The highest BCUT2D eigenvalue weighted by atomic mass is 32.1. The van der Waals surface area contributed by atoms with Gasteiger partial charge in [-0.2, -0.15) is 11.3 Å². The second kappa shape index (κ2) is 6.86. The van der Waals surface area contributed by atoms with Gasteiger partial charge in [0.1, 0.15) is 5.00 Å². The monoisotopic (exact) mass is 453 g/mol. The number of para-hydroxylation sites is 2. The number of carbonyl (C=O) groups excluding carboxylic acids is 2. The van der Waals surface area contributed by atoms with Gasteiger partial charge in [-0.3, -0.25) is 9.59 Å². The Hall–Kier alpha value is -3.28. The van der Waals surface area contributed by atoms with E-state index in [2.05, 4.69) is 73.3 Å². The summed E-state index contributed by atoms with van der Waals surface area (Å²) in [7, 11) is 0. The van der Waals surface area contributed by atoms with Crippen LogP contribution in [0.5, 0.6) is 0 Å². The second-order valence-electron chi connectivity index (χ2n) is 8.59. The van der Waals surface area contributed by atoms with Crippen LogP contribution in [-0.4, -0.2) is 11.6 Å². The number of carbonyl (C=O) groups is 2. The first-order valence-corrected chi connectivity index (χ1v) is 12.2. The van der Waals surface area contributed by atoms with Crippen LogP contribution in [0.3, 0.4) is 0 Å². The number of Topliss-reactive ketones (excluding diaryl/α,β-unsaturated/α-hetero) is 2. The van der Waals surface area contributed by atoms with Gasteiger partial charge in [0.25, 0.3) is 0 Å². The van der Waals surface area contributed by atoms with E-state index >= 15 is 0 Å². The SMILES string of the molecule is CC1(C)c2ccccc2N(c2ccc(C=C3C(=O)c4cscc4C3=O)s2)c2ccccc21. The van der Waals surface area contributed by atoms with E-state index in [1.807, 2.05) is 6.07 Å². The van der Waals surface area contributed by atoms with Crippen LogP contribution in [0.2, 0.25) is 0 Å². The molecule has 2 aliphatic rings. The second-order valence-corrected chi connectivity index (χ2v) is 10.4. The lowest BCUT2D eigenvalue weighted by atomic mass is 9.74. The molecule has 0 atom stereocenters. The van der Waals surface area contributed by atoms with Crippen molar-refractivity contribution in [2.24, 2.45) is 0 Å². The third-order valence-corrected chi connectivity index (χ3v) is 8.16. The van der Waals surface area contributed by atoms with E-state index in [4.69, 9.17) is 0 Å².